The van der Waals surface area contributed by atoms with Crippen LogP contribution in [0.15, 0.2) is 175 Å². The van der Waals surface area contributed by atoms with E-state index < -0.39 is 31.5 Å². The summed E-state index contributed by atoms with van der Waals surface area (Å²) >= 11 is 0. The number of sulfone groups is 2. The SMILES string of the molecule is CC(=O)Nc1cccc(S(=O)(=O)c2cccc(NC(=O)c3ccccc3SSc3ccccc3C(=O)Nc3cccc(S(=O)(=O)c4cccc(NC(C)=O)c4)c3)c2)c1. The van der Waals surface area contributed by atoms with Crippen molar-refractivity contribution in [2.75, 3.05) is 21.3 Å². The van der Waals surface area contributed by atoms with Crippen LogP contribution in [0.3, 0.4) is 0 Å². The Morgan fingerprint density at radius 1 is 0.397 bits per heavy atom. The molecular formula is C42H34N4O8S4. The summed E-state index contributed by atoms with van der Waals surface area (Å²) in [5, 5.41) is 10.7. The molecule has 16 heteroatoms. The van der Waals surface area contributed by atoms with Crippen LogP contribution in [-0.4, -0.2) is 40.5 Å². The highest BCUT2D eigenvalue weighted by molar-refractivity contribution is 8.76. The van der Waals surface area contributed by atoms with E-state index in [1.165, 1.54) is 108 Å². The lowest BCUT2D eigenvalue weighted by molar-refractivity contribution is -0.115. The number of anilines is 4. The lowest BCUT2D eigenvalue weighted by Crippen LogP contribution is -2.14. The summed E-state index contributed by atoms with van der Waals surface area (Å²) in [6.07, 6.45) is 0. The van der Waals surface area contributed by atoms with Gasteiger partial charge in [0, 0.05) is 46.4 Å². The van der Waals surface area contributed by atoms with Gasteiger partial charge in [0.1, 0.15) is 0 Å². The fourth-order valence-electron chi connectivity index (χ4n) is 5.58. The van der Waals surface area contributed by atoms with E-state index in [4.69, 9.17) is 0 Å². The van der Waals surface area contributed by atoms with Gasteiger partial charge in [0.2, 0.25) is 31.5 Å². The second kappa shape index (κ2) is 17.9. The molecule has 294 valence electrons. The number of amides is 4. The van der Waals surface area contributed by atoms with Crippen LogP contribution >= 0.6 is 21.6 Å². The molecule has 0 bridgehead atoms. The first kappa shape index (κ1) is 41.4. The maximum atomic E-state index is 13.6. The molecule has 0 atom stereocenters. The quantitative estimate of drug-likeness (QED) is 0.0821. The molecule has 0 aliphatic rings. The number of carbonyl (C=O) groups is 4. The van der Waals surface area contributed by atoms with E-state index in [1.54, 1.807) is 72.8 Å². The lowest BCUT2D eigenvalue weighted by Gasteiger charge is -2.13. The third-order valence-electron chi connectivity index (χ3n) is 8.22. The van der Waals surface area contributed by atoms with E-state index in [0.29, 0.717) is 32.3 Å². The van der Waals surface area contributed by atoms with Crippen LogP contribution in [-0.2, 0) is 29.3 Å². The maximum absolute atomic E-state index is 13.6. The highest BCUT2D eigenvalue weighted by Crippen LogP contribution is 2.41. The van der Waals surface area contributed by atoms with Crippen LogP contribution in [0.2, 0.25) is 0 Å². The highest BCUT2D eigenvalue weighted by atomic mass is 33.1. The summed E-state index contributed by atoms with van der Waals surface area (Å²) in [6, 6.07) is 37.1. The zero-order valence-electron chi connectivity index (χ0n) is 30.8. The van der Waals surface area contributed by atoms with Crippen LogP contribution in [0.1, 0.15) is 34.6 Å². The summed E-state index contributed by atoms with van der Waals surface area (Å²) in [4.78, 5) is 51.2. The van der Waals surface area contributed by atoms with Crippen molar-refractivity contribution in [1.82, 2.24) is 0 Å². The predicted octanol–water partition coefficient (Wildman–Crippen LogP) is 8.57. The van der Waals surface area contributed by atoms with E-state index in [0.717, 1.165) is 0 Å². The van der Waals surface area contributed by atoms with Gasteiger partial charge >= 0.3 is 0 Å². The van der Waals surface area contributed by atoms with Gasteiger partial charge in [0.25, 0.3) is 11.8 Å². The van der Waals surface area contributed by atoms with E-state index in [2.05, 4.69) is 21.3 Å². The van der Waals surface area contributed by atoms with E-state index in [9.17, 15) is 36.0 Å². The molecule has 6 aromatic carbocycles. The number of rotatable bonds is 13. The molecule has 0 radical (unpaired) electrons. The monoisotopic (exact) mass is 850 g/mol. The second-order valence-corrected chi connectivity index (χ2v) is 18.7. The van der Waals surface area contributed by atoms with Crippen LogP contribution in [0.25, 0.3) is 0 Å². The molecule has 4 N–H and O–H groups in total. The van der Waals surface area contributed by atoms with Crippen molar-refractivity contribution in [3.05, 3.63) is 157 Å². The number of hydrogen-bond donors (Lipinski definition) is 4. The molecule has 58 heavy (non-hydrogen) atoms. The number of benzene rings is 6. The van der Waals surface area contributed by atoms with Crippen molar-refractivity contribution < 1.29 is 36.0 Å². The molecule has 0 unspecified atom stereocenters. The van der Waals surface area contributed by atoms with Crippen molar-refractivity contribution in [3.8, 4) is 0 Å². The smallest absolute Gasteiger partial charge is 0.256 e. The zero-order chi connectivity index (χ0) is 41.5. The number of hydrogen-bond acceptors (Lipinski definition) is 10. The standard InChI is InChI=1S/C42H34N4O8S4/c1-27(47)43-29-11-7-15-33(23-29)57(51,52)35-17-9-13-31(25-35)45-41(49)37-19-3-5-21-39(37)55-56-40-22-6-4-20-38(40)42(50)46-32-14-10-18-36(26-32)58(53,54)34-16-8-12-30(24-34)44-28(2)48/h3-26H,1-2H3,(H,43,47)(H,44,48)(H,45,49)(H,46,50). The predicted molar refractivity (Wildman–Crippen MR) is 226 cm³/mol. The molecule has 4 amide bonds. The Morgan fingerprint density at radius 3 is 1.00 bits per heavy atom. The van der Waals surface area contributed by atoms with Crippen molar-refractivity contribution in [2.24, 2.45) is 0 Å². The van der Waals surface area contributed by atoms with Crippen LogP contribution < -0.4 is 21.3 Å². The average Bonchev–Trinajstić information content (AvgIpc) is 3.20. The van der Waals surface area contributed by atoms with Crippen LogP contribution in [0.5, 0.6) is 0 Å². The van der Waals surface area contributed by atoms with Crippen molar-refractivity contribution in [3.63, 3.8) is 0 Å². The molecule has 0 spiro atoms. The van der Waals surface area contributed by atoms with Gasteiger partial charge in [-0.2, -0.15) is 0 Å². The van der Waals surface area contributed by atoms with Gasteiger partial charge in [-0.3, -0.25) is 19.2 Å². The summed E-state index contributed by atoms with van der Waals surface area (Å²) in [7, 11) is -5.53. The number of carbonyl (C=O) groups excluding carboxylic acids is 4. The first-order valence-electron chi connectivity index (χ1n) is 17.3. The Kier molecular flexibility index (Phi) is 12.8. The number of nitrogens with one attached hydrogen (secondary N) is 4. The van der Waals surface area contributed by atoms with E-state index >= 15 is 0 Å². The Balaban J connectivity index is 1.15. The topological polar surface area (TPSA) is 185 Å². The zero-order valence-corrected chi connectivity index (χ0v) is 34.0. The van der Waals surface area contributed by atoms with Gasteiger partial charge in [-0.1, -0.05) is 70.1 Å². The maximum Gasteiger partial charge on any atom is 0.256 e. The van der Waals surface area contributed by atoms with E-state index in [-0.39, 0.29) is 42.8 Å². The van der Waals surface area contributed by atoms with Crippen molar-refractivity contribution >= 4 is 87.6 Å². The molecule has 0 saturated carbocycles. The molecule has 0 fully saturated rings. The molecule has 6 rings (SSSR count). The third kappa shape index (κ3) is 10.0. The van der Waals surface area contributed by atoms with Crippen LogP contribution in [0, 0.1) is 0 Å². The van der Waals surface area contributed by atoms with Gasteiger partial charge in [-0.15, -0.1) is 0 Å². The summed E-state index contributed by atoms with van der Waals surface area (Å²) < 4.78 is 53.9. The third-order valence-corrected chi connectivity index (χ3v) is 14.2. The first-order valence-corrected chi connectivity index (χ1v) is 22.4. The van der Waals surface area contributed by atoms with E-state index in [1.807, 2.05) is 0 Å². The van der Waals surface area contributed by atoms with Gasteiger partial charge in [-0.25, -0.2) is 16.8 Å². The Labute approximate surface area is 343 Å². The summed E-state index contributed by atoms with van der Waals surface area (Å²) in [6.45, 7) is 2.64. The molecule has 6 aromatic rings. The minimum atomic E-state index is -4.01. The Bertz CT molecular complexity index is 2600. The average molecular weight is 851 g/mol. The van der Waals surface area contributed by atoms with Gasteiger partial charge in [-0.05, 0) is 97.1 Å². The minimum Gasteiger partial charge on any atom is -0.326 e. The van der Waals surface area contributed by atoms with Gasteiger partial charge in [0.15, 0.2) is 0 Å². The molecule has 12 nitrogen and oxygen atoms in total. The molecule has 0 heterocycles. The van der Waals surface area contributed by atoms with Crippen molar-refractivity contribution in [1.29, 1.82) is 0 Å². The molecular weight excluding hydrogens is 817 g/mol. The molecule has 0 aromatic heterocycles. The Morgan fingerprint density at radius 2 is 0.690 bits per heavy atom. The first-order chi connectivity index (χ1) is 27.7. The highest BCUT2D eigenvalue weighted by Gasteiger charge is 2.22. The van der Waals surface area contributed by atoms with Crippen molar-refractivity contribution in [2.45, 2.75) is 43.2 Å². The molecule has 0 aliphatic carbocycles. The van der Waals surface area contributed by atoms with Gasteiger partial charge < -0.3 is 21.3 Å². The molecule has 0 saturated heterocycles. The second-order valence-electron chi connectivity index (χ2n) is 12.5. The fraction of sp³-hybridized carbons (Fsp3) is 0.0476. The normalized spacial score (nSPS) is 11.3. The summed E-state index contributed by atoms with van der Waals surface area (Å²) in [5.41, 5.74) is 1.76. The van der Waals surface area contributed by atoms with Crippen LogP contribution in [0.4, 0.5) is 22.7 Å². The Hall–Kier alpha value is -6.20. The molecule has 0 aliphatic heterocycles. The summed E-state index contributed by atoms with van der Waals surface area (Å²) in [5.74, 6) is -1.67. The van der Waals surface area contributed by atoms with Gasteiger partial charge in [0.05, 0.1) is 30.7 Å². The minimum absolute atomic E-state index is 0.0290. The fourth-order valence-corrected chi connectivity index (χ4v) is 10.6. The largest absolute Gasteiger partial charge is 0.326 e. The lowest BCUT2D eigenvalue weighted by atomic mass is 10.2.